The van der Waals surface area contributed by atoms with Crippen LogP contribution in [0.4, 0.5) is 0 Å². The molecule has 0 aliphatic heterocycles. The maximum absolute atomic E-state index is 12.5. The topological polar surface area (TPSA) is 109 Å². The van der Waals surface area contributed by atoms with Crippen molar-refractivity contribution in [2.75, 3.05) is 13.1 Å². The fraction of sp³-hybridized carbons (Fsp3) is 0.238. The lowest BCUT2D eigenvalue weighted by Crippen LogP contribution is -2.30. The van der Waals surface area contributed by atoms with Gasteiger partial charge in [0.15, 0.2) is 0 Å². The Kier molecular flexibility index (Phi) is 7.49. The highest BCUT2D eigenvalue weighted by Crippen LogP contribution is 2.28. The van der Waals surface area contributed by atoms with Crippen LogP contribution in [-0.4, -0.2) is 44.8 Å². The van der Waals surface area contributed by atoms with E-state index in [1.807, 2.05) is 6.92 Å². The number of benzene rings is 2. The van der Waals surface area contributed by atoms with Gasteiger partial charge in [-0.2, -0.15) is 0 Å². The number of nitrogens with zero attached hydrogens (tertiary/aromatic N) is 3. The van der Waals surface area contributed by atoms with Gasteiger partial charge in [0.2, 0.25) is 5.82 Å². The first-order chi connectivity index (χ1) is 14.9. The second kappa shape index (κ2) is 10.3. The molecule has 2 aromatic carbocycles. The Hall–Kier alpha value is -3.10. The van der Waals surface area contributed by atoms with E-state index in [1.54, 1.807) is 30.3 Å². The smallest absolute Gasteiger partial charge is 0.290 e. The van der Waals surface area contributed by atoms with Gasteiger partial charge in [-0.05, 0) is 36.8 Å². The molecule has 162 valence electrons. The summed E-state index contributed by atoms with van der Waals surface area (Å²) in [5, 5.41) is 20.0. The highest BCUT2D eigenvalue weighted by Gasteiger charge is 2.19. The molecule has 0 fully saturated rings. The van der Waals surface area contributed by atoms with Crippen molar-refractivity contribution in [2.45, 2.75) is 19.8 Å². The number of carbonyl (C=O) groups is 2. The minimum Gasteiger partial charge on any atom is -0.508 e. The Morgan fingerprint density at radius 1 is 1.03 bits per heavy atom. The number of carbonyl (C=O) groups excluding carboxylic acids is 2. The number of rotatable bonds is 8. The number of aromatic nitrogens is 3. The molecular weight excluding hydrogens is 441 g/mol. The molecule has 3 aromatic rings. The van der Waals surface area contributed by atoms with E-state index in [1.165, 1.54) is 16.8 Å². The van der Waals surface area contributed by atoms with Gasteiger partial charge >= 0.3 is 0 Å². The average Bonchev–Trinajstić information content (AvgIpc) is 3.17. The lowest BCUT2D eigenvalue weighted by molar-refractivity contribution is 0.0942. The molecule has 1 heterocycles. The summed E-state index contributed by atoms with van der Waals surface area (Å²) in [6.45, 7) is 2.57. The largest absolute Gasteiger partial charge is 0.508 e. The minimum absolute atomic E-state index is 0.0108. The maximum Gasteiger partial charge on any atom is 0.290 e. The molecular formula is C21H21Cl2N5O3. The highest BCUT2D eigenvalue weighted by atomic mass is 35.5. The number of phenols is 1. The molecule has 8 nitrogen and oxygen atoms in total. The van der Waals surface area contributed by atoms with Crippen LogP contribution in [0.5, 0.6) is 5.75 Å². The molecule has 0 aliphatic carbocycles. The number of amides is 2. The zero-order valence-electron chi connectivity index (χ0n) is 16.7. The molecule has 0 unspecified atom stereocenters. The summed E-state index contributed by atoms with van der Waals surface area (Å²) in [7, 11) is 0. The van der Waals surface area contributed by atoms with E-state index in [9.17, 15) is 14.7 Å². The first-order valence-corrected chi connectivity index (χ1v) is 10.4. The second-order valence-corrected chi connectivity index (χ2v) is 7.42. The summed E-state index contributed by atoms with van der Waals surface area (Å²) in [6, 6.07) is 11.2. The molecule has 31 heavy (non-hydrogen) atoms. The number of aromatic hydroxyl groups is 1. The summed E-state index contributed by atoms with van der Waals surface area (Å²) in [5.74, 6) is -0.144. The van der Waals surface area contributed by atoms with Gasteiger partial charge in [-0.25, -0.2) is 9.67 Å². The van der Waals surface area contributed by atoms with Crippen molar-refractivity contribution in [3.63, 3.8) is 0 Å². The van der Waals surface area contributed by atoms with E-state index in [0.29, 0.717) is 53.1 Å². The van der Waals surface area contributed by atoms with Crippen molar-refractivity contribution in [2.24, 2.45) is 0 Å². The summed E-state index contributed by atoms with van der Waals surface area (Å²) >= 11 is 12.5. The lowest BCUT2D eigenvalue weighted by Gasteiger charge is -2.08. The van der Waals surface area contributed by atoms with E-state index in [4.69, 9.17) is 23.2 Å². The van der Waals surface area contributed by atoms with E-state index >= 15 is 0 Å². The predicted octanol–water partition coefficient (Wildman–Crippen LogP) is 3.39. The number of halogens is 2. The molecule has 0 saturated carbocycles. The van der Waals surface area contributed by atoms with E-state index in [0.717, 1.165) is 0 Å². The number of hydrogen-bond donors (Lipinski definition) is 3. The molecule has 3 N–H and O–H groups in total. The molecule has 0 aliphatic rings. The Labute approximate surface area is 189 Å². The van der Waals surface area contributed by atoms with Crippen LogP contribution in [0.2, 0.25) is 10.0 Å². The Balaban J connectivity index is 1.55. The van der Waals surface area contributed by atoms with Crippen LogP contribution in [0.15, 0.2) is 42.5 Å². The Morgan fingerprint density at radius 3 is 2.32 bits per heavy atom. The van der Waals surface area contributed by atoms with Gasteiger partial charge in [0.05, 0.1) is 10.0 Å². The number of phenolic OH excluding ortho intramolecular Hbond substituents is 1. The summed E-state index contributed by atoms with van der Waals surface area (Å²) in [6.07, 6.45) is 1.04. The zero-order valence-corrected chi connectivity index (χ0v) is 18.2. The Bertz CT molecular complexity index is 1080. The number of hydrogen-bond acceptors (Lipinski definition) is 5. The third-order valence-corrected chi connectivity index (χ3v) is 4.99. The monoisotopic (exact) mass is 461 g/mol. The molecule has 10 heteroatoms. The van der Waals surface area contributed by atoms with Crippen LogP contribution < -0.4 is 10.6 Å². The molecule has 0 atom stereocenters. The van der Waals surface area contributed by atoms with Crippen molar-refractivity contribution in [3.05, 3.63) is 69.7 Å². The van der Waals surface area contributed by atoms with Crippen molar-refractivity contribution in [1.82, 2.24) is 25.4 Å². The van der Waals surface area contributed by atoms with Crippen molar-refractivity contribution >= 4 is 35.0 Å². The molecule has 0 bridgehead atoms. The lowest BCUT2D eigenvalue weighted by atomic mass is 10.2. The van der Waals surface area contributed by atoms with Gasteiger partial charge in [0.25, 0.3) is 11.8 Å². The molecule has 2 amide bonds. The van der Waals surface area contributed by atoms with E-state index < -0.39 is 5.91 Å². The van der Waals surface area contributed by atoms with Gasteiger partial charge in [0.1, 0.15) is 17.3 Å². The van der Waals surface area contributed by atoms with Crippen LogP contribution in [0.1, 0.15) is 40.1 Å². The number of nitrogens with one attached hydrogen (secondary N) is 2. The Morgan fingerprint density at radius 2 is 1.68 bits per heavy atom. The SMILES string of the molecule is CCc1nc(C(=O)NCCCNC(=O)c2cccc(O)c2)nn1-c1c(Cl)cccc1Cl. The van der Waals surface area contributed by atoms with E-state index in [-0.39, 0.29) is 17.5 Å². The van der Waals surface area contributed by atoms with Gasteiger partial charge < -0.3 is 15.7 Å². The molecule has 0 spiro atoms. The maximum atomic E-state index is 12.5. The van der Waals surface area contributed by atoms with Crippen LogP contribution in [0.3, 0.4) is 0 Å². The second-order valence-electron chi connectivity index (χ2n) is 6.60. The first-order valence-electron chi connectivity index (χ1n) is 9.66. The standard InChI is InChI=1S/C21H21Cl2N5O3/c1-2-17-26-19(27-28(17)18-15(22)8-4-9-16(18)23)21(31)25-11-5-10-24-20(30)13-6-3-7-14(29)12-13/h3-4,6-9,12,29H,2,5,10-11H2,1H3,(H,24,30)(H,25,31). The molecule has 1 aromatic heterocycles. The molecule has 0 radical (unpaired) electrons. The quantitative estimate of drug-likeness (QED) is 0.445. The van der Waals surface area contributed by atoms with Gasteiger partial charge in [-0.15, -0.1) is 5.10 Å². The van der Waals surface area contributed by atoms with E-state index in [2.05, 4.69) is 20.7 Å². The van der Waals surface area contributed by atoms with Crippen molar-refractivity contribution < 1.29 is 14.7 Å². The fourth-order valence-electron chi connectivity index (χ4n) is 2.86. The van der Waals surface area contributed by atoms with Crippen LogP contribution in [0, 0.1) is 0 Å². The summed E-state index contributed by atoms with van der Waals surface area (Å²) in [4.78, 5) is 28.8. The van der Waals surface area contributed by atoms with Gasteiger partial charge in [-0.1, -0.05) is 42.3 Å². The van der Waals surface area contributed by atoms with Crippen LogP contribution >= 0.6 is 23.2 Å². The minimum atomic E-state index is -0.434. The van der Waals surface area contributed by atoms with Gasteiger partial charge in [-0.3, -0.25) is 9.59 Å². The van der Waals surface area contributed by atoms with Crippen molar-refractivity contribution in [1.29, 1.82) is 0 Å². The van der Waals surface area contributed by atoms with Crippen LogP contribution in [0.25, 0.3) is 5.69 Å². The average molecular weight is 462 g/mol. The normalized spacial score (nSPS) is 10.7. The highest BCUT2D eigenvalue weighted by molar-refractivity contribution is 6.37. The summed E-state index contributed by atoms with van der Waals surface area (Å²) in [5.41, 5.74) is 0.841. The third kappa shape index (κ3) is 5.53. The van der Waals surface area contributed by atoms with Gasteiger partial charge in [0, 0.05) is 25.1 Å². The molecule has 0 saturated heterocycles. The first kappa shape index (κ1) is 22.6. The fourth-order valence-corrected chi connectivity index (χ4v) is 3.42. The number of aryl methyl sites for hydroxylation is 1. The zero-order chi connectivity index (χ0) is 22.4. The third-order valence-electron chi connectivity index (χ3n) is 4.38. The molecule has 3 rings (SSSR count). The number of para-hydroxylation sites is 1. The van der Waals surface area contributed by atoms with Crippen LogP contribution in [-0.2, 0) is 6.42 Å². The van der Waals surface area contributed by atoms with Crippen molar-refractivity contribution in [3.8, 4) is 11.4 Å². The predicted molar refractivity (Wildman–Crippen MR) is 118 cm³/mol. The summed E-state index contributed by atoms with van der Waals surface area (Å²) < 4.78 is 1.48.